The normalized spacial score (nSPS) is 11.8. The molecule has 0 bridgehead atoms. The van der Waals surface area contributed by atoms with Crippen LogP contribution in [-0.2, 0) is 14.4 Å². The average molecular weight is 290 g/mol. The molecule has 0 saturated carbocycles. The Labute approximate surface area is 119 Å². The molecule has 0 saturated heterocycles. The first-order valence-corrected chi connectivity index (χ1v) is 5.56. The predicted octanol–water partition coefficient (Wildman–Crippen LogP) is -1.52. The van der Waals surface area contributed by atoms with Gasteiger partial charge in [-0.15, -0.1) is 0 Å². The quantitative estimate of drug-likeness (QED) is 0.469. The Kier molecular flexibility index (Phi) is 12.7. The molecule has 0 spiro atoms. The van der Waals surface area contributed by atoms with E-state index in [0.717, 1.165) is 11.0 Å². The van der Waals surface area contributed by atoms with E-state index in [0.29, 0.717) is 12.2 Å². The molecule has 1 atom stereocenters. The van der Waals surface area contributed by atoms with Crippen molar-refractivity contribution in [1.29, 1.82) is 0 Å². The van der Waals surface area contributed by atoms with Crippen LogP contribution in [0.5, 0.6) is 0 Å². The van der Waals surface area contributed by atoms with E-state index in [1.807, 2.05) is 6.92 Å². The fourth-order valence-corrected chi connectivity index (χ4v) is 1.43. The van der Waals surface area contributed by atoms with Gasteiger partial charge in [0.15, 0.2) is 0 Å². The van der Waals surface area contributed by atoms with Gasteiger partial charge in [-0.25, -0.2) is 0 Å². The van der Waals surface area contributed by atoms with E-state index in [9.17, 15) is 24.6 Å². The van der Waals surface area contributed by atoms with Gasteiger partial charge in [0.05, 0.1) is 46.0 Å². The van der Waals surface area contributed by atoms with Crippen LogP contribution in [0.3, 0.4) is 0 Å². The molecule has 0 aromatic heterocycles. The molecule has 0 aliphatic heterocycles. The first-order valence-electron chi connectivity index (χ1n) is 5.56. The molecule has 20 heavy (non-hydrogen) atoms. The Hall–Kier alpha value is -1.89. The first-order chi connectivity index (χ1) is 8.44. The zero-order valence-electron chi connectivity index (χ0n) is 11.6. The van der Waals surface area contributed by atoms with Crippen LogP contribution in [0.25, 0.3) is 0 Å². The van der Waals surface area contributed by atoms with Crippen LogP contribution in [0.4, 0.5) is 0 Å². The molecule has 7 nitrogen and oxygen atoms in total. The van der Waals surface area contributed by atoms with Gasteiger partial charge in [0.25, 0.3) is 0 Å². The van der Waals surface area contributed by atoms with E-state index in [1.54, 1.807) is 0 Å². The molecular formula is C13H24NO6-. The van der Waals surface area contributed by atoms with Crippen molar-refractivity contribution in [2.24, 2.45) is 5.92 Å². The molecule has 0 aromatic carbocycles. The Bertz CT molecular complexity index is 327. The van der Waals surface area contributed by atoms with Crippen molar-refractivity contribution < 1.29 is 34.2 Å². The molecule has 0 heterocycles. The third-order valence-electron chi connectivity index (χ3n) is 1.74. The summed E-state index contributed by atoms with van der Waals surface area (Å²) in [6, 6.07) is 0. The van der Waals surface area contributed by atoms with Gasteiger partial charge in [-0.1, -0.05) is 14.4 Å². The summed E-state index contributed by atoms with van der Waals surface area (Å²) in [6.45, 7) is 2.88. The number of hydrogen-bond acceptors (Lipinski definition) is 5. The molecule has 118 valence electrons. The van der Waals surface area contributed by atoms with Gasteiger partial charge in [0.1, 0.15) is 0 Å². The fourth-order valence-electron chi connectivity index (χ4n) is 1.43. The zero-order valence-corrected chi connectivity index (χ0v) is 11.6. The van der Waals surface area contributed by atoms with Crippen molar-refractivity contribution in [2.45, 2.75) is 20.8 Å². The summed E-state index contributed by atoms with van der Waals surface area (Å²) >= 11 is 0. The maximum absolute atomic E-state index is 10.3. The van der Waals surface area contributed by atoms with Crippen LogP contribution < -0.4 is 10.2 Å². The van der Waals surface area contributed by atoms with Gasteiger partial charge in [-0.05, 0) is 12.2 Å². The van der Waals surface area contributed by atoms with Crippen molar-refractivity contribution in [1.82, 2.24) is 0 Å². The van der Waals surface area contributed by atoms with Crippen molar-refractivity contribution in [2.75, 3.05) is 27.7 Å². The number of quaternary nitrogens is 1. The Morgan fingerprint density at radius 1 is 1.10 bits per heavy atom. The lowest BCUT2D eigenvalue weighted by atomic mass is 10.1. The molecule has 0 aliphatic rings. The molecular weight excluding hydrogens is 266 g/mol. The Morgan fingerprint density at radius 3 is 1.65 bits per heavy atom. The highest BCUT2D eigenvalue weighted by Crippen LogP contribution is 2.06. The highest BCUT2D eigenvalue weighted by Gasteiger charge is 2.15. The highest BCUT2D eigenvalue weighted by atomic mass is 16.4. The molecule has 0 aliphatic carbocycles. The summed E-state index contributed by atoms with van der Waals surface area (Å²) in [5.41, 5.74) is 0. The number of carboxylic acid groups (broad SMARTS) is 3. The lowest BCUT2D eigenvalue weighted by Gasteiger charge is -2.26. The number of rotatable bonds is 6. The van der Waals surface area contributed by atoms with E-state index in [1.165, 1.54) is 0 Å². The number of nitrogens with zero attached hydrogens (tertiary/aromatic N) is 1. The zero-order chi connectivity index (χ0) is 15.6. The lowest BCUT2D eigenvalue weighted by Crippen LogP contribution is -2.38. The molecule has 0 unspecified atom stereocenters. The number of hydrogen-bond donors (Lipinski definition) is 1. The molecule has 0 amide bonds. The predicted molar refractivity (Wildman–Crippen MR) is 70.2 cm³/mol. The smallest absolute Gasteiger partial charge is 0.303 e. The van der Waals surface area contributed by atoms with Gasteiger partial charge in [0, 0.05) is 5.92 Å². The molecule has 0 radical (unpaired) electrons. The summed E-state index contributed by atoms with van der Waals surface area (Å²) in [4.78, 5) is 29.1. The topological polar surface area (TPSA) is 118 Å². The molecule has 1 N–H and O–H groups in total. The van der Waals surface area contributed by atoms with Crippen LogP contribution in [0.1, 0.15) is 20.8 Å². The van der Waals surface area contributed by atoms with Crippen LogP contribution >= 0.6 is 0 Å². The van der Waals surface area contributed by atoms with Gasteiger partial charge in [-0.2, -0.15) is 0 Å². The fraction of sp³-hybridized carbons (Fsp3) is 0.615. The molecule has 7 heteroatoms. The van der Waals surface area contributed by atoms with Crippen LogP contribution in [-0.4, -0.2) is 55.2 Å². The number of carboxylic acids is 3. The maximum atomic E-state index is 10.3. The summed E-state index contributed by atoms with van der Waals surface area (Å²) in [5.74, 6) is -3.54. The number of aliphatic carboxylic acids is 3. The summed E-state index contributed by atoms with van der Waals surface area (Å²) in [6.07, 6.45) is 1.04. The number of carbonyl (C=O) groups is 3. The largest absolute Gasteiger partial charge is 0.545 e. The number of carbonyl (C=O) groups excluding carboxylic acids is 2. The summed E-state index contributed by atoms with van der Waals surface area (Å²) in [7, 11) is 6.20. The summed E-state index contributed by atoms with van der Waals surface area (Å²) in [5, 5.41) is 27.3. The molecule has 0 fully saturated rings. The third-order valence-corrected chi connectivity index (χ3v) is 1.74. The van der Waals surface area contributed by atoms with E-state index < -0.39 is 17.9 Å². The Morgan fingerprint density at radius 2 is 1.45 bits per heavy atom. The van der Waals surface area contributed by atoms with E-state index >= 15 is 0 Å². The monoisotopic (exact) mass is 290 g/mol. The van der Waals surface area contributed by atoms with Gasteiger partial charge in [0.2, 0.25) is 0 Å². The van der Waals surface area contributed by atoms with Crippen LogP contribution in [0, 0.1) is 5.92 Å². The van der Waals surface area contributed by atoms with E-state index in [-0.39, 0.29) is 19.8 Å². The first kappa shape index (κ1) is 23.2. The van der Waals surface area contributed by atoms with Crippen molar-refractivity contribution in [3.05, 3.63) is 12.2 Å². The van der Waals surface area contributed by atoms with Crippen molar-refractivity contribution in [3.63, 3.8) is 0 Å². The van der Waals surface area contributed by atoms with E-state index in [2.05, 4.69) is 21.1 Å². The second-order valence-corrected chi connectivity index (χ2v) is 5.15. The highest BCUT2D eigenvalue weighted by molar-refractivity contribution is 5.87. The van der Waals surface area contributed by atoms with Crippen LogP contribution in [0.15, 0.2) is 12.2 Å². The second kappa shape index (κ2) is 11.0. The maximum Gasteiger partial charge on any atom is 0.303 e. The average Bonchev–Trinajstić information content (AvgIpc) is 2.10. The van der Waals surface area contributed by atoms with Crippen molar-refractivity contribution >= 4 is 17.9 Å². The molecule has 0 rings (SSSR count). The van der Waals surface area contributed by atoms with E-state index in [4.69, 9.17) is 5.11 Å². The minimum atomic E-state index is -1.55. The van der Waals surface area contributed by atoms with Gasteiger partial charge in [-0.3, -0.25) is 4.79 Å². The lowest BCUT2D eigenvalue weighted by molar-refractivity contribution is -0.873. The Balaban J connectivity index is -0.000000288. The second-order valence-electron chi connectivity index (χ2n) is 5.15. The van der Waals surface area contributed by atoms with Crippen LogP contribution in [0.2, 0.25) is 0 Å². The molecule has 0 aromatic rings. The minimum Gasteiger partial charge on any atom is -0.545 e. The van der Waals surface area contributed by atoms with Crippen molar-refractivity contribution in [3.8, 4) is 0 Å². The third kappa shape index (κ3) is 25.1. The minimum absolute atomic E-state index is 0. The SMILES string of the molecule is C.C[C@H](CC(=O)O)C[N+](C)(C)C.O=C([O-])/C=C/C(=O)[O-]. The summed E-state index contributed by atoms with van der Waals surface area (Å²) < 4.78 is 0.828. The van der Waals surface area contributed by atoms with Gasteiger partial charge < -0.3 is 29.4 Å². The van der Waals surface area contributed by atoms with Gasteiger partial charge >= 0.3 is 5.97 Å². The standard InChI is InChI=1S/C8H17NO2.C4H4O4.CH4/c1-7(5-8(10)11)6-9(2,3)4;5-3(6)1-2-4(7)8;/h7H,5-6H2,1-4H3;1-2H,(H,5,6)(H,7,8);1H4/p-1/b;2-1+;/t7-;;/m1../s1.